The number of phenols is 2. The molecule has 3 heterocycles. The number of carboxylic acids is 3. The zero-order valence-corrected chi connectivity index (χ0v) is 47.2. The fraction of sp³-hybridized carbons (Fsp3) is 0.310. The molecule has 3 aliphatic rings. The van der Waals surface area contributed by atoms with Gasteiger partial charge in [0.05, 0.1) is 82.7 Å². The second kappa shape index (κ2) is 25.3. The number of aromatic amines is 1. The van der Waals surface area contributed by atoms with Crippen molar-refractivity contribution in [1.82, 2.24) is 41.2 Å². The number of aliphatic hydroxyl groups is 2. The van der Waals surface area contributed by atoms with E-state index in [0.717, 1.165) is 6.92 Å². The van der Waals surface area contributed by atoms with Gasteiger partial charge in [-0.25, -0.2) is 24.4 Å². The number of nitrogens with one attached hydrogen (secondary N) is 6. The van der Waals surface area contributed by atoms with Crippen LogP contribution < -0.4 is 42.6 Å². The number of hydrogen-bond donors (Lipinski definition) is 14. The fourth-order valence-corrected chi connectivity index (χ4v) is 10.7. The summed E-state index contributed by atoms with van der Waals surface area (Å²) in [6, 6.07) is 8.34. The number of nitrogens with two attached hydrogens (primary N) is 1. The molecule has 1 saturated heterocycles. The van der Waals surface area contributed by atoms with Gasteiger partial charge in [-0.15, -0.1) is 0 Å². The Kier molecular flexibility index (Phi) is 17.8. The lowest BCUT2D eigenvalue weighted by molar-refractivity contribution is -0.248. The van der Waals surface area contributed by atoms with Crippen LogP contribution in [0.4, 0.5) is 11.6 Å². The van der Waals surface area contributed by atoms with E-state index in [-0.39, 0.29) is 70.2 Å². The number of aliphatic hydroxyl groups excluding tert-OH is 1. The first kappa shape index (κ1) is 62.8. The number of aromatic hydroxyl groups is 2. The molecule has 1 unspecified atom stereocenters. The van der Waals surface area contributed by atoms with Gasteiger partial charge in [0.25, 0.3) is 23.3 Å². The molecule has 9 rings (SSSR count). The summed E-state index contributed by atoms with van der Waals surface area (Å²) in [5.74, 6) is -13.3. The van der Waals surface area contributed by atoms with Crippen LogP contribution in [0.15, 0.2) is 65.6 Å². The van der Waals surface area contributed by atoms with E-state index < -0.39 is 184 Å². The molecule has 6 aromatic rings. The van der Waals surface area contributed by atoms with E-state index in [9.17, 15) is 88.5 Å². The van der Waals surface area contributed by atoms with Crippen LogP contribution in [0.25, 0.3) is 11.2 Å². The van der Waals surface area contributed by atoms with E-state index in [2.05, 4.69) is 46.5 Å². The standard InChI is InChI=1S/C58H56N10O21/c1-22-44(71)34(17-38(88-22)89-36-19-58(86,23(2)69)18-32-40(36)48(75)42-41(46(32)73)45(72)27-5-4-6-35(87-3)39(27)47(42)74)66-52(78)29-15-28(30(54(80)81)16-31(29)55(82)83)51(77)61-14-13-60-37(70)12-11-33(56(84)85)65-50(76)24-7-9-25(10-8-24)62-20-26-21-63-49-43(64-26)53(79)68-57(59)67-49/h4-10,15-16,21-22,33-34,36,38,44,62,71,73,75,86H,11-14,17-20H2,1-3H3,(H,60,70)(H,61,77)(H,65,76)(H,66,78)(H,80,81)(H,82,83)(H,84,85)(H3,59,63,67,68,79)/t22?,33-,34-,36-,38-,44-,58-/m0/s1. The molecule has 0 spiro atoms. The Hall–Kier alpha value is -10.8. The van der Waals surface area contributed by atoms with Crippen molar-refractivity contribution in [1.29, 1.82) is 0 Å². The largest absolute Gasteiger partial charge is 0.507 e. The molecule has 0 saturated carbocycles. The number of methoxy groups -OCH3 is 1. The second-order valence-electron chi connectivity index (χ2n) is 21.0. The molecule has 2 aliphatic carbocycles. The van der Waals surface area contributed by atoms with Crippen molar-refractivity contribution >= 4 is 81.7 Å². The van der Waals surface area contributed by atoms with Crippen molar-refractivity contribution in [3.8, 4) is 17.2 Å². The van der Waals surface area contributed by atoms with Gasteiger partial charge in [0, 0.05) is 66.7 Å². The van der Waals surface area contributed by atoms with Crippen LogP contribution in [0.1, 0.15) is 146 Å². The minimum absolute atomic E-state index is 0.0172. The van der Waals surface area contributed by atoms with Crippen molar-refractivity contribution in [2.24, 2.45) is 0 Å². The molecule has 464 valence electrons. The number of nitrogen functional groups attached to an aromatic ring is 1. The number of amides is 4. The van der Waals surface area contributed by atoms with E-state index in [1.165, 1.54) is 62.7 Å². The van der Waals surface area contributed by atoms with Gasteiger partial charge in [-0.05, 0) is 62.7 Å². The Morgan fingerprint density at radius 1 is 0.843 bits per heavy atom. The molecule has 89 heavy (non-hydrogen) atoms. The number of anilines is 2. The quantitative estimate of drug-likeness (QED) is 0.0346. The number of carboxylic acid groups (broad SMARTS) is 3. The van der Waals surface area contributed by atoms with Crippen molar-refractivity contribution in [3.63, 3.8) is 0 Å². The number of aromatic carboxylic acids is 2. The number of Topliss-reactive ketones (excluding diaryl/α,β-unsaturated/α-hetero) is 1. The number of rotatable bonds is 21. The molecule has 1 fully saturated rings. The van der Waals surface area contributed by atoms with Crippen LogP contribution in [0.3, 0.4) is 0 Å². The van der Waals surface area contributed by atoms with E-state index in [1.807, 2.05) is 0 Å². The maximum Gasteiger partial charge on any atom is 0.336 e. The molecule has 31 heteroatoms. The number of carbonyl (C=O) groups excluding carboxylic acids is 7. The van der Waals surface area contributed by atoms with Crippen molar-refractivity contribution < 1.29 is 97.9 Å². The summed E-state index contributed by atoms with van der Waals surface area (Å²) < 4.78 is 17.5. The lowest BCUT2D eigenvalue weighted by Gasteiger charge is -2.42. The van der Waals surface area contributed by atoms with Crippen LogP contribution in [-0.4, -0.2) is 171 Å². The highest BCUT2D eigenvalue weighted by atomic mass is 16.7. The van der Waals surface area contributed by atoms with E-state index >= 15 is 0 Å². The molecule has 0 bridgehead atoms. The van der Waals surface area contributed by atoms with E-state index in [0.29, 0.717) is 23.5 Å². The van der Waals surface area contributed by atoms with Gasteiger partial charge in [-0.1, -0.05) is 12.1 Å². The maximum absolute atomic E-state index is 14.1. The number of H-pyrrole nitrogens is 1. The summed E-state index contributed by atoms with van der Waals surface area (Å²) in [7, 11) is 1.25. The predicted octanol–water partition coefficient (Wildman–Crippen LogP) is 0.627. The third-order valence-corrected chi connectivity index (χ3v) is 15.3. The summed E-state index contributed by atoms with van der Waals surface area (Å²) in [5, 5.41) is 89.4. The minimum atomic E-state index is -2.30. The number of aromatic nitrogens is 4. The van der Waals surface area contributed by atoms with Crippen molar-refractivity contribution in [2.45, 2.75) is 94.8 Å². The Labute approximate surface area is 500 Å². The topological polar surface area (TPSA) is 498 Å². The van der Waals surface area contributed by atoms with Crippen molar-refractivity contribution in [3.05, 3.63) is 138 Å². The van der Waals surface area contributed by atoms with Crippen LogP contribution in [0.5, 0.6) is 17.2 Å². The SMILES string of the molecule is COc1cccc2c1C(=O)c1c(O)c3c(c(O)c1C2=O)C[C@@](O)(C(C)=O)C[C@@H]3O[C@H]1C[C@H](NC(=O)c2cc(C(=O)NCCNC(=O)CC[C@H](NC(=O)c3ccc(NCc4cnc5nc(N)[nH]c(=O)c5n4)cc3)C(=O)O)c(C(=O)O)cc2C(=O)O)[C@@H](O)C(C)O1. The number of hydrogen-bond acceptors (Lipinski definition) is 23. The van der Waals surface area contributed by atoms with Gasteiger partial charge < -0.3 is 82.3 Å². The first-order valence-electron chi connectivity index (χ1n) is 27.2. The number of ether oxygens (including phenoxy) is 3. The van der Waals surface area contributed by atoms with Gasteiger partial charge in [0.2, 0.25) is 17.6 Å². The molecule has 31 nitrogen and oxygen atoms in total. The first-order valence-corrected chi connectivity index (χ1v) is 27.2. The smallest absolute Gasteiger partial charge is 0.336 e. The molecule has 4 amide bonds. The molecular formula is C58H56N10O21. The van der Waals surface area contributed by atoms with E-state index in [4.69, 9.17) is 19.9 Å². The number of ketones is 3. The predicted molar refractivity (Wildman–Crippen MR) is 304 cm³/mol. The van der Waals surface area contributed by atoms with Crippen LogP contribution >= 0.6 is 0 Å². The Balaban J connectivity index is 0.822. The average molecular weight is 1230 g/mol. The van der Waals surface area contributed by atoms with Gasteiger partial charge in [-0.3, -0.25) is 43.3 Å². The second-order valence-corrected chi connectivity index (χ2v) is 21.0. The molecule has 7 atom stereocenters. The summed E-state index contributed by atoms with van der Waals surface area (Å²) in [6.45, 7) is 1.82. The maximum atomic E-state index is 14.1. The molecule has 1 aliphatic heterocycles. The third kappa shape index (κ3) is 12.7. The van der Waals surface area contributed by atoms with Gasteiger partial charge in [0.15, 0.2) is 29.0 Å². The number of nitrogens with zero attached hydrogens (tertiary/aromatic N) is 3. The molecule has 15 N–H and O–H groups in total. The lowest BCUT2D eigenvalue weighted by Crippen LogP contribution is -2.56. The highest BCUT2D eigenvalue weighted by molar-refractivity contribution is 6.31. The fourth-order valence-electron chi connectivity index (χ4n) is 10.7. The lowest BCUT2D eigenvalue weighted by atomic mass is 9.72. The highest BCUT2D eigenvalue weighted by Crippen LogP contribution is 2.52. The van der Waals surface area contributed by atoms with Crippen LogP contribution in [0.2, 0.25) is 0 Å². The number of aliphatic carboxylic acids is 1. The zero-order valence-electron chi connectivity index (χ0n) is 47.2. The van der Waals surface area contributed by atoms with Gasteiger partial charge >= 0.3 is 17.9 Å². The monoisotopic (exact) mass is 1230 g/mol. The summed E-state index contributed by atoms with van der Waals surface area (Å²) in [4.78, 5) is 159. The Bertz CT molecular complexity index is 4040. The number of fused-ring (bicyclic) bond motifs is 4. The number of benzene rings is 4. The molecule has 2 aromatic heterocycles. The number of phenolic OH excluding ortho intramolecular Hbond substituents is 2. The summed E-state index contributed by atoms with van der Waals surface area (Å²) in [5.41, 5.74) is -1.72. The zero-order chi connectivity index (χ0) is 64.5. The number of carbonyl (C=O) groups is 10. The first-order chi connectivity index (χ1) is 42.2. The van der Waals surface area contributed by atoms with Crippen LogP contribution in [-0.2, 0) is 36.8 Å². The summed E-state index contributed by atoms with van der Waals surface area (Å²) in [6.07, 6.45) is -7.12. The van der Waals surface area contributed by atoms with Gasteiger partial charge in [0.1, 0.15) is 35.0 Å². The highest BCUT2D eigenvalue weighted by Gasteiger charge is 2.50. The van der Waals surface area contributed by atoms with Crippen LogP contribution in [0, 0.1) is 0 Å². The molecule has 4 aromatic carbocycles. The molecular weight excluding hydrogens is 1170 g/mol. The van der Waals surface area contributed by atoms with E-state index in [1.54, 1.807) is 0 Å². The third-order valence-electron chi connectivity index (χ3n) is 15.3. The van der Waals surface area contributed by atoms with Gasteiger partial charge in [-0.2, -0.15) is 4.98 Å². The van der Waals surface area contributed by atoms with Crippen molar-refractivity contribution in [2.75, 3.05) is 31.2 Å². The average Bonchev–Trinajstić information content (AvgIpc) is 1.44. The normalized spacial score (nSPS) is 19.5. The minimum Gasteiger partial charge on any atom is -0.507 e. The molecule has 0 radical (unpaired) electrons. The summed E-state index contributed by atoms with van der Waals surface area (Å²) >= 11 is 0. The Morgan fingerprint density at radius 2 is 1.51 bits per heavy atom. The Morgan fingerprint density at radius 3 is 2.17 bits per heavy atom.